The molecule has 0 unspecified atom stereocenters. The molecule has 0 heterocycles. The first kappa shape index (κ1) is 22.2. The van der Waals surface area contributed by atoms with Crippen molar-refractivity contribution in [2.45, 2.75) is 0 Å². The van der Waals surface area contributed by atoms with Gasteiger partial charge in [-0.25, -0.2) is 9.59 Å². The van der Waals surface area contributed by atoms with Gasteiger partial charge in [-0.15, -0.1) is 0 Å². The lowest BCUT2D eigenvalue weighted by molar-refractivity contribution is 0.0682. The average molecular weight is 416 g/mol. The number of carboxylic acid groups (broad SMARTS) is 2. The number of carbonyl (C=O) groups is 3. The van der Waals surface area contributed by atoms with Gasteiger partial charge in [0.05, 0.1) is 24.3 Å². The third kappa shape index (κ3) is 4.30. The summed E-state index contributed by atoms with van der Waals surface area (Å²) in [6, 6.07) is 4.64. The lowest BCUT2D eigenvalue weighted by Gasteiger charge is -2.12. The molecule has 2 aromatic carbocycles. The molecule has 0 spiro atoms. The van der Waals surface area contributed by atoms with E-state index in [0.29, 0.717) is 0 Å². The highest BCUT2D eigenvalue weighted by Crippen LogP contribution is 2.34. The number of carboxylic acids is 2. The molecule has 27 heavy (non-hydrogen) atoms. The third-order valence-corrected chi connectivity index (χ3v) is 4.04. The van der Waals surface area contributed by atoms with Gasteiger partial charge in [0.1, 0.15) is 11.1 Å². The first-order chi connectivity index (χ1) is 12.2. The van der Waals surface area contributed by atoms with Gasteiger partial charge < -0.3 is 25.8 Å². The maximum atomic E-state index is 12.7. The minimum absolute atomic E-state index is 0. The Morgan fingerprint density at radius 3 is 1.37 bits per heavy atom. The molecule has 144 valence electrons. The minimum atomic E-state index is -1.34. The molecule has 5 N–H and O–H groups in total. The number of carbonyl (C=O) groups excluding carboxylic acids is 1. The van der Waals surface area contributed by atoms with E-state index in [4.69, 9.17) is 32.7 Å². The Balaban J connectivity index is 0.00000364. The van der Waals surface area contributed by atoms with E-state index >= 15 is 0 Å². The molecule has 0 fully saturated rings. The summed E-state index contributed by atoms with van der Waals surface area (Å²) in [6.45, 7) is 0. The molecule has 10 heteroatoms. The fraction of sp³-hybridized carbons (Fsp3) is 0.118. The largest absolute Gasteiger partial charge is 0.494 e. The quantitative estimate of drug-likeness (QED) is 0.603. The SMILES string of the molecule is COc1c(Cl)cc(C(=O)c2cc(Cl)c(OC)c(C(=O)O)c2)cc1C(=O)O.N. The number of halogens is 2. The summed E-state index contributed by atoms with van der Waals surface area (Å²) in [6.07, 6.45) is 0. The van der Waals surface area contributed by atoms with E-state index in [1.54, 1.807) is 0 Å². The van der Waals surface area contributed by atoms with E-state index in [1.165, 1.54) is 26.4 Å². The zero-order valence-electron chi connectivity index (χ0n) is 14.2. The van der Waals surface area contributed by atoms with Crippen molar-refractivity contribution >= 4 is 40.9 Å². The Labute approximate surface area is 163 Å². The number of rotatable bonds is 6. The number of hydrogen-bond acceptors (Lipinski definition) is 6. The summed E-state index contributed by atoms with van der Waals surface area (Å²) < 4.78 is 9.88. The second-order valence-corrected chi connectivity index (χ2v) is 5.83. The fourth-order valence-electron chi connectivity index (χ4n) is 2.35. The van der Waals surface area contributed by atoms with Crippen molar-refractivity contribution in [1.82, 2.24) is 6.15 Å². The predicted octanol–water partition coefficient (Wildman–Crippen LogP) is 3.80. The summed E-state index contributed by atoms with van der Waals surface area (Å²) in [5.41, 5.74) is -0.737. The van der Waals surface area contributed by atoms with Crippen molar-refractivity contribution in [1.29, 1.82) is 0 Å². The van der Waals surface area contributed by atoms with Crippen LogP contribution in [0.5, 0.6) is 11.5 Å². The van der Waals surface area contributed by atoms with E-state index in [0.717, 1.165) is 12.1 Å². The zero-order chi connectivity index (χ0) is 19.6. The van der Waals surface area contributed by atoms with E-state index in [-0.39, 0.29) is 49.9 Å². The van der Waals surface area contributed by atoms with Crippen LogP contribution in [0.25, 0.3) is 0 Å². The van der Waals surface area contributed by atoms with Crippen LogP contribution in [-0.4, -0.2) is 42.2 Å². The number of hydrogen-bond donors (Lipinski definition) is 3. The highest BCUT2D eigenvalue weighted by Gasteiger charge is 2.23. The van der Waals surface area contributed by atoms with Crippen LogP contribution in [0.2, 0.25) is 10.0 Å². The Hall–Kier alpha value is -2.81. The number of ether oxygens (including phenoxy) is 2. The van der Waals surface area contributed by atoms with Gasteiger partial charge in [0.15, 0.2) is 17.3 Å². The van der Waals surface area contributed by atoms with Crippen LogP contribution >= 0.6 is 23.2 Å². The van der Waals surface area contributed by atoms with Crippen LogP contribution in [0.4, 0.5) is 0 Å². The van der Waals surface area contributed by atoms with E-state index in [1.807, 2.05) is 0 Å². The number of benzene rings is 2. The summed E-state index contributed by atoms with van der Waals surface area (Å²) >= 11 is 12.0. The standard InChI is InChI=1S/C17H12Cl2O7.H3N/c1-25-14-9(16(21)22)3-7(5-11(14)18)13(20)8-4-10(17(23)24)15(26-2)12(19)6-8;/h3-6H,1-2H3,(H,21,22)(H,23,24);1H3. The van der Waals surface area contributed by atoms with Gasteiger partial charge in [-0.2, -0.15) is 0 Å². The van der Waals surface area contributed by atoms with Crippen LogP contribution in [0.3, 0.4) is 0 Å². The van der Waals surface area contributed by atoms with Crippen molar-refractivity contribution in [3.63, 3.8) is 0 Å². The lowest BCUT2D eigenvalue weighted by atomic mass is 9.98. The molecular weight excluding hydrogens is 401 g/mol. The van der Waals surface area contributed by atoms with Gasteiger partial charge >= 0.3 is 11.9 Å². The number of ketones is 1. The van der Waals surface area contributed by atoms with Crippen LogP contribution in [-0.2, 0) is 0 Å². The second kappa shape index (κ2) is 8.72. The Morgan fingerprint density at radius 1 is 0.778 bits per heavy atom. The zero-order valence-corrected chi connectivity index (χ0v) is 15.7. The van der Waals surface area contributed by atoms with Crippen LogP contribution in [0.15, 0.2) is 24.3 Å². The molecule has 0 amide bonds. The molecule has 8 nitrogen and oxygen atoms in total. The number of methoxy groups -OCH3 is 2. The molecule has 0 radical (unpaired) electrons. The monoisotopic (exact) mass is 415 g/mol. The van der Waals surface area contributed by atoms with E-state index in [9.17, 15) is 24.6 Å². The minimum Gasteiger partial charge on any atom is -0.494 e. The third-order valence-electron chi connectivity index (χ3n) is 3.48. The van der Waals surface area contributed by atoms with Crippen LogP contribution in [0, 0.1) is 0 Å². The Bertz CT molecular complexity index is 854. The van der Waals surface area contributed by atoms with Crippen molar-refractivity contribution in [2.75, 3.05) is 14.2 Å². The number of aromatic carboxylic acids is 2. The molecular formula is C17H15Cl2NO7. The van der Waals surface area contributed by atoms with Crippen molar-refractivity contribution in [3.05, 3.63) is 56.6 Å². The van der Waals surface area contributed by atoms with Gasteiger partial charge in [0, 0.05) is 11.1 Å². The van der Waals surface area contributed by atoms with E-state index in [2.05, 4.69) is 0 Å². The molecule has 0 saturated heterocycles. The van der Waals surface area contributed by atoms with Gasteiger partial charge in [-0.05, 0) is 24.3 Å². The second-order valence-electron chi connectivity index (χ2n) is 5.02. The normalized spacial score (nSPS) is 9.93. The van der Waals surface area contributed by atoms with Crippen LogP contribution < -0.4 is 15.6 Å². The molecule has 0 aromatic heterocycles. The van der Waals surface area contributed by atoms with Crippen molar-refractivity contribution in [3.8, 4) is 11.5 Å². The van der Waals surface area contributed by atoms with Gasteiger partial charge in [-0.3, -0.25) is 4.79 Å². The maximum Gasteiger partial charge on any atom is 0.339 e. The average Bonchev–Trinajstić information content (AvgIpc) is 2.59. The molecule has 0 aliphatic rings. The maximum absolute atomic E-state index is 12.7. The molecule has 0 saturated carbocycles. The van der Waals surface area contributed by atoms with Gasteiger partial charge in [-0.1, -0.05) is 23.2 Å². The molecule has 0 aliphatic heterocycles. The predicted molar refractivity (Wildman–Crippen MR) is 98.4 cm³/mol. The summed E-state index contributed by atoms with van der Waals surface area (Å²) in [5, 5.41) is 18.4. The highest BCUT2D eigenvalue weighted by molar-refractivity contribution is 6.34. The Morgan fingerprint density at radius 2 is 1.11 bits per heavy atom. The van der Waals surface area contributed by atoms with E-state index < -0.39 is 17.7 Å². The molecule has 2 rings (SSSR count). The van der Waals surface area contributed by atoms with Crippen molar-refractivity contribution < 1.29 is 34.1 Å². The van der Waals surface area contributed by atoms with Gasteiger partial charge in [0.25, 0.3) is 0 Å². The smallest absolute Gasteiger partial charge is 0.339 e. The summed E-state index contributed by atoms with van der Waals surface area (Å²) in [4.78, 5) is 35.4. The van der Waals surface area contributed by atoms with Gasteiger partial charge in [0.2, 0.25) is 0 Å². The van der Waals surface area contributed by atoms with Crippen LogP contribution in [0.1, 0.15) is 36.6 Å². The first-order valence-electron chi connectivity index (χ1n) is 6.97. The Kier molecular flexibility index (Phi) is 7.18. The summed E-state index contributed by atoms with van der Waals surface area (Å²) in [7, 11) is 2.50. The first-order valence-corrected chi connectivity index (χ1v) is 7.73. The fourth-order valence-corrected chi connectivity index (χ4v) is 2.94. The summed E-state index contributed by atoms with van der Waals surface area (Å²) in [5.74, 6) is -3.51. The van der Waals surface area contributed by atoms with Crippen molar-refractivity contribution in [2.24, 2.45) is 0 Å². The molecule has 0 bridgehead atoms. The highest BCUT2D eigenvalue weighted by atomic mass is 35.5. The topological polar surface area (TPSA) is 145 Å². The molecule has 0 aliphatic carbocycles. The molecule has 0 atom stereocenters. The lowest BCUT2D eigenvalue weighted by Crippen LogP contribution is -2.09. The molecule has 2 aromatic rings.